The van der Waals surface area contributed by atoms with Gasteiger partial charge in [0.25, 0.3) is 5.56 Å². The molecule has 0 radical (unpaired) electrons. The van der Waals surface area contributed by atoms with E-state index in [0.717, 1.165) is 37.2 Å². The first-order valence-corrected chi connectivity index (χ1v) is 10.5. The Morgan fingerprint density at radius 2 is 2.03 bits per heavy atom. The van der Waals surface area contributed by atoms with Crippen molar-refractivity contribution in [2.24, 2.45) is 0 Å². The number of fused-ring (bicyclic) bond motifs is 1. The SMILES string of the molecule is CC(=O)Nc1ccc(N2CCN(Cc3cc4[nH]c(=O)c(C5CC5)cn4n3)CC2)c(F)n1. The molecule has 3 aromatic heterocycles. The molecule has 4 heterocycles. The first-order valence-electron chi connectivity index (χ1n) is 10.5. The summed E-state index contributed by atoms with van der Waals surface area (Å²) in [5.74, 6) is -0.290. The normalized spacial score (nSPS) is 17.3. The zero-order valence-electron chi connectivity index (χ0n) is 17.3. The Bertz CT molecular complexity index is 1190. The number of aromatic amines is 1. The molecular formula is C21H24FN7O2. The number of carbonyl (C=O) groups is 1. The van der Waals surface area contributed by atoms with Crippen molar-refractivity contribution in [3.63, 3.8) is 0 Å². The molecule has 2 N–H and O–H groups in total. The molecule has 1 amide bonds. The molecule has 1 aliphatic carbocycles. The zero-order valence-corrected chi connectivity index (χ0v) is 17.3. The summed E-state index contributed by atoms with van der Waals surface area (Å²) in [5, 5.41) is 7.12. The molecule has 9 nitrogen and oxygen atoms in total. The molecule has 2 aliphatic rings. The van der Waals surface area contributed by atoms with Crippen LogP contribution in [0.3, 0.4) is 0 Å². The highest BCUT2D eigenvalue weighted by Gasteiger charge is 2.27. The van der Waals surface area contributed by atoms with Crippen LogP contribution in [-0.2, 0) is 11.3 Å². The smallest absolute Gasteiger partial charge is 0.254 e. The summed E-state index contributed by atoms with van der Waals surface area (Å²) < 4.78 is 16.2. The molecule has 1 saturated carbocycles. The molecule has 5 rings (SSSR count). The van der Waals surface area contributed by atoms with Gasteiger partial charge in [-0.05, 0) is 30.9 Å². The highest BCUT2D eigenvalue weighted by atomic mass is 19.1. The summed E-state index contributed by atoms with van der Waals surface area (Å²) in [6.07, 6.45) is 3.99. The molecule has 0 spiro atoms. The van der Waals surface area contributed by atoms with Gasteiger partial charge in [0, 0.05) is 57.5 Å². The minimum absolute atomic E-state index is 0.0183. The number of anilines is 2. The van der Waals surface area contributed by atoms with E-state index >= 15 is 0 Å². The van der Waals surface area contributed by atoms with E-state index in [0.29, 0.717) is 36.9 Å². The minimum Gasteiger partial charge on any atom is -0.365 e. The standard InChI is InChI=1S/C21H24FN7O2/c1-13(30)23-18-5-4-17(20(22)24-18)28-8-6-27(7-9-28)11-15-10-19-25-21(31)16(14-2-3-14)12-29(19)26-15/h4-5,10,12,14H,2-3,6-9,11H2,1H3,(H,25,31)(H,23,24,30). The second kappa shape index (κ2) is 7.77. The van der Waals surface area contributed by atoms with Gasteiger partial charge in [-0.3, -0.25) is 14.5 Å². The summed E-state index contributed by atoms with van der Waals surface area (Å²) in [4.78, 5) is 34.3. The number of halogens is 1. The van der Waals surface area contributed by atoms with Crippen LogP contribution in [0.25, 0.3) is 5.65 Å². The van der Waals surface area contributed by atoms with E-state index in [9.17, 15) is 14.0 Å². The largest absolute Gasteiger partial charge is 0.365 e. The first-order chi connectivity index (χ1) is 15.0. The lowest BCUT2D eigenvalue weighted by atomic mass is 10.2. The molecule has 0 unspecified atom stereocenters. The van der Waals surface area contributed by atoms with Crippen molar-refractivity contribution in [3.05, 3.63) is 52.0 Å². The number of carbonyl (C=O) groups excluding carboxylic acids is 1. The average molecular weight is 425 g/mol. The molecule has 2 fully saturated rings. The maximum absolute atomic E-state index is 14.4. The number of pyridine rings is 1. The summed E-state index contributed by atoms with van der Waals surface area (Å²) in [7, 11) is 0. The van der Waals surface area contributed by atoms with Crippen molar-refractivity contribution in [2.45, 2.75) is 32.2 Å². The number of aromatic nitrogens is 4. The maximum Gasteiger partial charge on any atom is 0.254 e. The van der Waals surface area contributed by atoms with Crippen LogP contribution < -0.4 is 15.8 Å². The third-order valence-corrected chi connectivity index (χ3v) is 5.80. The van der Waals surface area contributed by atoms with E-state index in [-0.39, 0.29) is 17.3 Å². The Kier molecular flexibility index (Phi) is 4.93. The Morgan fingerprint density at radius 3 is 2.71 bits per heavy atom. The Labute approximate surface area is 177 Å². The summed E-state index contributed by atoms with van der Waals surface area (Å²) >= 11 is 0. The van der Waals surface area contributed by atoms with Crippen molar-refractivity contribution < 1.29 is 9.18 Å². The van der Waals surface area contributed by atoms with Crippen LogP contribution in [0.2, 0.25) is 0 Å². The Morgan fingerprint density at radius 1 is 1.26 bits per heavy atom. The van der Waals surface area contributed by atoms with Crippen LogP contribution in [0.5, 0.6) is 0 Å². The van der Waals surface area contributed by atoms with Crippen LogP contribution in [0.1, 0.15) is 36.9 Å². The minimum atomic E-state index is -0.588. The summed E-state index contributed by atoms with van der Waals surface area (Å²) in [6.45, 7) is 4.86. The number of nitrogens with one attached hydrogen (secondary N) is 2. The van der Waals surface area contributed by atoms with E-state index in [4.69, 9.17) is 0 Å². The van der Waals surface area contributed by atoms with Gasteiger partial charge >= 0.3 is 0 Å². The van der Waals surface area contributed by atoms with Crippen molar-refractivity contribution >= 4 is 23.1 Å². The lowest BCUT2D eigenvalue weighted by Gasteiger charge is -2.35. The van der Waals surface area contributed by atoms with Crippen LogP contribution in [0.15, 0.2) is 29.2 Å². The predicted octanol–water partition coefficient (Wildman–Crippen LogP) is 1.71. The average Bonchev–Trinajstić information content (AvgIpc) is 3.49. The van der Waals surface area contributed by atoms with Crippen LogP contribution in [0.4, 0.5) is 15.9 Å². The molecule has 162 valence electrons. The van der Waals surface area contributed by atoms with Gasteiger partial charge in [0.2, 0.25) is 11.9 Å². The molecule has 3 aromatic rings. The van der Waals surface area contributed by atoms with E-state index in [2.05, 4.69) is 25.3 Å². The van der Waals surface area contributed by atoms with E-state index in [1.165, 1.54) is 6.92 Å². The molecule has 0 bridgehead atoms. The third-order valence-electron chi connectivity index (χ3n) is 5.80. The number of hydrogen-bond acceptors (Lipinski definition) is 6. The molecular weight excluding hydrogens is 401 g/mol. The van der Waals surface area contributed by atoms with E-state index in [1.807, 2.05) is 17.2 Å². The number of H-pyrrole nitrogens is 1. The fourth-order valence-corrected chi connectivity index (χ4v) is 4.07. The molecule has 1 saturated heterocycles. The van der Waals surface area contributed by atoms with Gasteiger partial charge in [-0.15, -0.1) is 0 Å². The van der Waals surface area contributed by atoms with Crippen molar-refractivity contribution in [1.82, 2.24) is 24.5 Å². The van der Waals surface area contributed by atoms with Crippen molar-refractivity contribution in [1.29, 1.82) is 0 Å². The molecule has 0 aromatic carbocycles. The number of amides is 1. The zero-order chi connectivity index (χ0) is 21.5. The highest BCUT2D eigenvalue weighted by Crippen LogP contribution is 2.38. The molecule has 1 aliphatic heterocycles. The monoisotopic (exact) mass is 425 g/mol. The topological polar surface area (TPSA) is 98.6 Å². The fraction of sp³-hybridized carbons (Fsp3) is 0.429. The number of piperazine rings is 1. The van der Waals surface area contributed by atoms with Crippen LogP contribution in [0, 0.1) is 5.95 Å². The Hall–Kier alpha value is -3.27. The van der Waals surface area contributed by atoms with Crippen LogP contribution in [-0.4, -0.2) is 56.6 Å². The number of nitrogens with zero attached hydrogens (tertiary/aromatic N) is 5. The maximum atomic E-state index is 14.4. The third kappa shape index (κ3) is 4.15. The van der Waals surface area contributed by atoms with E-state index in [1.54, 1.807) is 16.6 Å². The second-order valence-electron chi connectivity index (χ2n) is 8.23. The fourth-order valence-electron chi connectivity index (χ4n) is 4.07. The van der Waals surface area contributed by atoms with Gasteiger partial charge in [0.15, 0.2) is 0 Å². The summed E-state index contributed by atoms with van der Waals surface area (Å²) in [6, 6.07) is 5.17. The van der Waals surface area contributed by atoms with Crippen molar-refractivity contribution in [2.75, 3.05) is 36.4 Å². The van der Waals surface area contributed by atoms with Gasteiger partial charge in [0.1, 0.15) is 11.5 Å². The number of rotatable bonds is 5. The highest BCUT2D eigenvalue weighted by molar-refractivity contribution is 5.87. The van der Waals surface area contributed by atoms with Gasteiger partial charge in [-0.25, -0.2) is 9.50 Å². The summed E-state index contributed by atoms with van der Waals surface area (Å²) in [5.41, 5.74) is 2.83. The second-order valence-corrected chi connectivity index (χ2v) is 8.23. The Balaban J connectivity index is 1.23. The number of hydrogen-bond donors (Lipinski definition) is 2. The van der Waals surface area contributed by atoms with Gasteiger partial charge in [-0.1, -0.05) is 0 Å². The predicted molar refractivity (Wildman–Crippen MR) is 114 cm³/mol. The lowest BCUT2D eigenvalue weighted by Crippen LogP contribution is -2.46. The van der Waals surface area contributed by atoms with Crippen LogP contribution >= 0.6 is 0 Å². The lowest BCUT2D eigenvalue weighted by molar-refractivity contribution is -0.114. The van der Waals surface area contributed by atoms with Gasteiger partial charge < -0.3 is 15.2 Å². The van der Waals surface area contributed by atoms with Gasteiger partial charge in [-0.2, -0.15) is 9.49 Å². The molecule has 10 heteroatoms. The molecule has 31 heavy (non-hydrogen) atoms. The van der Waals surface area contributed by atoms with Crippen molar-refractivity contribution in [3.8, 4) is 0 Å². The quantitative estimate of drug-likeness (QED) is 0.604. The van der Waals surface area contributed by atoms with Gasteiger partial charge in [0.05, 0.1) is 11.4 Å². The van der Waals surface area contributed by atoms with E-state index < -0.39 is 5.95 Å². The first kappa shape index (κ1) is 19.7. The molecule has 0 atom stereocenters.